The maximum Gasteiger partial charge on any atom is 0.138 e. The molecule has 0 amide bonds. The summed E-state index contributed by atoms with van der Waals surface area (Å²) in [5.74, 6) is 0.00192. The largest absolute Gasteiger partial charge is 0.302 e. The van der Waals surface area contributed by atoms with Gasteiger partial charge in [-0.2, -0.15) is 0 Å². The summed E-state index contributed by atoms with van der Waals surface area (Å²) in [6.45, 7) is 2.66. The fraction of sp³-hybridized carbons (Fsp3) is 0.417. The molecule has 1 heterocycles. The minimum absolute atomic E-state index is 0.295. The molecule has 0 bridgehead atoms. The first-order valence-corrected chi connectivity index (χ1v) is 6.62. The van der Waals surface area contributed by atoms with Crippen LogP contribution in [0.5, 0.6) is 0 Å². The van der Waals surface area contributed by atoms with Gasteiger partial charge < -0.3 is 4.79 Å². The second kappa shape index (κ2) is 5.06. The Morgan fingerprint density at radius 3 is 2.65 bits per heavy atom. The number of rotatable bonds is 3. The van der Waals surface area contributed by atoms with E-state index in [0.717, 1.165) is 12.7 Å². The van der Waals surface area contributed by atoms with Crippen LogP contribution in [0.3, 0.4) is 0 Å². The average Bonchev–Trinajstić information content (AvgIpc) is 2.70. The molecule has 0 N–H and O–H groups in total. The van der Waals surface area contributed by atoms with Crippen LogP contribution in [-0.2, 0) is 15.8 Å². The van der Waals surface area contributed by atoms with E-state index in [0.29, 0.717) is 17.4 Å². The number of benzene rings is 1. The van der Waals surface area contributed by atoms with Gasteiger partial charge in [-0.25, -0.2) is 12.9 Å². The summed E-state index contributed by atoms with van der Waals surface area (Å²) in [4.78, 5) is 11.5. The molecule has 0 saturated carbocycles. The molecule has 0 spiro atoms. The Bertz CT molecular complexity index is 435. The molecule has 1 fully saturated rings. The normalized spacial score (nSPS) is 26.9. The highest BCUT2D eigenvalue weighted by Crippen LogP contribution is 2.25. The van der Waals surface area contributed by atoms with Crippen molar-refractivity contribution in [1.29, 1.82) is 0 Å². The smallest absolute Gasteiger partial charge is 0.138 e. The lowest BCUT2D eigenvalue weighted by molar-refractivity contribution is -0.110. The zero-order valence-electron chi connectivity index (χ0n) is 9.51. The zero-order valence-corrected chi connectivity index (χ0v) is 10.3. The molecule has 1 aromatic rings. The first-order chi connectivity index (χ1) is 8.11. The summed E-state index contributed by atoms with van der Waals surface area (Å²) in [5, 5.41) is 0. The van der Waals surface area contributed by atoms with Gasteiger partial charge in [0, 0.05) is 6.54 Å². The number of halogens is 1. The minimum atomic E-state index is -1.38. The van der Waals surface area contributed by atoms with Gasteiger partial charge in [-0.05, 0) is 36.6 Å². The van der Waals surface area contributed by atoms with Crippen LogP contribution in [0.25, 0.3) is 0 Å². The number of carbonyl (C=O) groups excluding carboxylic acids is 1. The molecule has 0 aromatic heterocycles. The molecule has 0 radical (unpaired) electrons. The third-order valence-corrected chi connectivity index (χ3v) is 4.41. The van der Waals surface area contributed by atoms with Gasteiger partial charge in [0.1, 0.15) is 23.1 Å². The predicted molar refractivity (Wildman–Crippen MR) is 63.1 cm³/mol. The Morgan fingerprint density at radius 2 is 2.06 bits per heavy atom. The van der Waals surface area contributed by atoms with Crippen molar-refractivity contribution in [1.82, 2.24) is 4.31 Å². The van der Waals surface area contributed by atoms with Crippen LogP contribution in [-0.4, -0.2) is 27.4 Å². The van der Waals surface area contributed by atoms with Crippen molar-refractivity contribution >= 4 is 17.3 Å². The van der Waals surface area contributed by atoms with E-state index in [-0.39, 0.29) is 11.9 Å². The van der Waals surface area contributed by atoms with Crippen molar-refractivity contribution in [3.8, 4) is 0 Å². The Kier molecular flexibility index (Phi) is 3.69. The Morgan fingerprint density at radius 1 is 1.41 bits per heavy atom. The Hall–Kier alpha value is -1.07. The summed E-state index contributed by atoms with van der Waals surface area (Å²) in [6, 6.07) is 5.26. The Labute approximate surface area is 102 Å². The van der Waals surface area contributed by atoms with Crippen molar-refractivity contribution in [2.45, 2.75) is 24.3 Å². The molecule has 92 valence electrons. The number of carbonyl (C=O) groups is 1. The first kappa shape index (κ1) is 12.4. The third kappa shape index (κ3) is 2.61. The summed E-state index contributed by atoms with van der Waals surface area (Å²) in [5.41, 5.74) is 0. The predicted octanol–water partition coefficient (Wildman–Crippen LogP) is 1.76. The van der Waals surface area contributed by atoms with Crippen LogP contribution in [0.2, 0.25) is 0 Å². The molecule has 1 aromatic carbocycles. The van der Waals surface area contributed by atoms with Gasteiger partial charge in [0.05, 0.1) is 10.9 Å². The van der Waals surface area contributed by atoms with Crippen LogP contribution in [0.15, 0.2) is 29.2 Å². The van der Waals surface area contributed by atoms with E-state index < -0.39 is 11.0 Å². The van der Waals surface area contributed by atoms with Gasteiger partial charge in [0.15, 0.2) is 0 Å². The van der Waals surface area contributed by atoms with Gasteiger partial charge in [-0.3, -0.25) is 0 Å². The lowest BCUT2D eigenvalue weighted by Crippen LogP contribution is -2.32. The molecule has 1 saturated heterocycles. The topological polar surface area (TPSA) is 37.4 Å². The zero-order chi connectivity index (χ0) is 12.4. The van der Waals surface area contributed by atoms with Gasteiger partial charge in [-0.15, -0.1) is 0 Å². The molecule has 1 aliphatic rings. The van der Waals surface area contributed by atoms with Crippen molar-refractivity contribution in [3.05, 3.63) is 30.1 Å². The van der Waals surface area contributed by atoms with Crippen molar-refractivity contribution in [2.75, 3.05) is 6.54 Å². The highest BCUT2D eigenvalue weighted by Gasteiger charge is 2.33. The molecule has 2 unspecified atom stereocenters. The van der Waals surface area contributed by atoms with Crippen LogP contribution in [0.1, 0.15) is 13.3 Å². The molecule has 3 atom stereocenters. The van der Waals surface area contributed by atoms with Gasteiger partial charge >= 0.3 is 0 Å². The van der Waals surface area contributed by atoms with E-state index in [2.05, 4.69) is 0 Å². The van der Waals surface area contributed by atoms with Gasteiger partial charge in [-0.1, -0.05) is 6.92 Å². The maximum absolute atomic E-state index is 12.8. The van der Waals surface area contributed by atoms with E-state index in [4.69, 9.17) is 0 Å². The van der Waals surface area contributed by atoms with Gasteiger partial charge in [0.2, 0.25) is 0 Å². The van der Waals surface area contributed by atoms with Crippen LogP contribution in [0.4, 0.5) is 4.39 Å². The third-order valence-electron chi connectivity index (χ3n) is 2.89. The molecular formula is C12H14FNO2S. The lowest BCUT2D eigenvalue weighted by Gasteiger charge is -2.18. The molecule has 0 aliphatic carbocycles. The lowest BCUT2D eigenvalue weighted by atomic mass is 10.1. The average molecular weight is 255 g/mol. The second-order valence-electron chi connectivity index (χ2n) is 4.35. The Balaban J connectivity index is 2.19. The van der Waals surface area contributed by atoms with E-state index in [9.17, 15) is 13.4 Å². The second-order valence-corrected chi connectivity index (χ2v) is 5.79. The van der Waals surface area contributed by atoms with Crippen LogP contribution >= 0.6 is 0 Å². The highest BCUT2D eigenvalue weighted by molar-refractivity contribution is 7.82. The van der Waals surface area contributed by atoms with E-state index >= 15 is 0 Å². The molecule has 1 aliphatic heterocycles. The van der Waals surface area contributed by atoms with E-state index in [1.165, 1.54) is 24.3 Å². The summed E-state index contributed by atoms with van der Waals surface area (Å²) >= 11 is 0. The number of nitrogens with zero attached hydrogens (tertiary/aromatic N) is 1. The molecule has 17 heavy (non-hydrogen) atoms. The standard InChI is InChI=1S/C12H14FNO2S/c1-9-6-11(8-15)14(7-9)17(16)12-4-2-10(13)3-5-12/h2-5,8-9,11H,6-7H2,1H3/t9-,11?,17?/m1/s1. The fourth-order valence-electron chi connectivity index (χ4n) is 2.05. The van der Waals surface area contributed by atoms with Crippen LogP contribution in [0, 0.1) is 11.7 Å². The van der Waals surface area contributed by atoms with E-state index in [1.54, 1.807) is 4.31 Å². The number of hydrogen-bond donors (Lipinski definition) is 0. The van der Waals surface area contributed by atoms with E-state index in [1.807, 2.05) is 6.92 Å². The van der Waals surface area contributed by atoms with Crippen molar-refractivity contribution in [3.63, 3.8) is 0 Å². The number of aldehydes is 1. The van der Waals surface area contributed by atoms with Gasteiger partial charge in [0.25, 0.3) is 0 Å². The van der Waals surface area contributed by atoms with Crippen LogP contribution < -0.4 is 0 Å². The van der Waals surface area contributed by atoms with Crippen molar-refractivity contribution < 1.29 is 13.4 Å². The minimum Gasteiger partial charge on any atom is -0.302 e. The molecule has 5 heteroatoms. The molecule has 2 rings (SSSR count). The summed E-state index contributed by atoms with van der Waals surface area (Å²) < 4.78 is 26.7. The SMILES string of the molecule is C[C@@H]1CC(C=O)N(S(=O)c2ccc(F)cc2)C1. The highest BCUT2D eigenvalue weighted by atomic mass is 32.2. The monoisotopic (exact) mass is 255 g/mol. The quantitative estimate of drug-likeness (QED) is 0.772. The first-order valence-electron chi connectivity index (χ1n) is 5.51. The molecule has 3 nitrogen and oxygen atoms in total. The summed E-state index contributed by atoms with van der Waals surface area (Å²) in [6.07, 6.45) is 1.57. The maximum atomic E-state index is 12.8. The summed E-state index contributed by atoms with van der Waals surface area (Å²) in [7, 11) is -1.38. The number of hydrogen-bond acceptors (Lipinski definition) is 2. The van der Waals surface area contributed by atoms with Crippen molar-refractivity contribution in [2.24, 2.45) is 5.92 Å². The fourth-order valence-corrected chi connectivity index (χ4v) is 3.46. The molecular weight excluding hydrogens is 241 g/mol.